The van der Waals surface area contributed by atoms with Crippen molar-refractivity contribution in [3.63, 3.8) is 0 Å². The summed E-state index contributed by atoms with van der Waals surface area (Å²) in [5, 5.41) is 6.85. The molecular weight excluding hydrogens is 346 g/mol. The van der Waals surface area contributed by atoms with Gasteiger partial charge in [-0.1, -0.05) is 24.3 Å². The van der Waals surface area contributed by atoms with Gasteiger partial charge < -0.3 is 14.8 Å². The Labute approximate surface area is 157 Å². The van der Waals surface area contributed by atoms with E-state index in [1.807, 2.05) is 36.4 Å². The molecule has 1 fully saturated rings. The number of hydrazine groups is 1. The van der Waals surface area contributed by atoms with Gasteiger partial charge >= 0.3 is 6.03 Å². The molecule has 0 bridgehead atoms. The van der Waals surface area contributed by atoms with Crippen LogP contribution in [0.25, 0.3) is 0 Å². The molecule has 2 aromatic carbocycles. The van der Waals surface area contributed by atoms with E-state index in [2.05, 4.69) is 39.7 Å². The summed E-state index contributed by atoms with van der Waals surface area (Å²) in [6.07, 6.45) is 1.37. The summed E-state index contributed by atoms with van der Waals surface area (Å²) in [4.78, 5) is 11.2. The van der Waals surface area contributed by atoms with Crippen molar-refractivity contribution in [3.8, 4) is 11.5 Å². The van der Waals surface area contributed by atoms with Crippen LogP contribution < -0.4 is 31.1 Å². The van der Waals surface area contributed by atoms with Gasteiger partial charge in [-0.05, 0) is 41.8 Å². The first-order chi connectivity index (χ1) is 13.2. The number of carbonyl (C=O) groups excluding carboxylic acids is 1. The third-order valence-electron chi connectivity index (χ3n) is 4.09. The lowest BCUT2D eigenvalue weighted by Gasteiger charge is -2.24. The number of benzene rings is 2. The van der Waals surface area contributed by atoms with Gasteiger partial charge in [0.1, 0.15) is 12.8 Å². The number of aryl methyl sites for hydroxylation is 1. The predicted octanol–water partition coefficient (Wildman–Crippen LogP) is 1.65. The lowest BCUT2D eigenvalue weighted by Crippen LogP contribution is -2.62. The molecule has 0 aliphatic carbocycles. The molecule has 0 saturated carbocycles. The lowest BCUT2D eigenvalue weighted by molar-refractivity contribution is 0.217. The highest BCUT2D eigenvalue weighted by Crippen LogP contribution is 2.28. The van der Waals surface area contributed by atoms with Crippen molar-refractivity contribution in [2.45, 2.75) is 19.7 Å². The maximum Gasteiger partial charge on any atom is 0.330 e. The predicted molar refractivity (Wildman–Crippen MR) is 103 cm³/mol. The van der Waals surface area contributed by atoms with Crippen molar-refractivity contribution >= 4 is 12.2 Å². The summed E-state index contributed by atoms with van der Waals surface area (Å²) in [6, 6.07) is 13.4. The molecule has 8 nitrogen and oxygen atoms in total. The third-order valence-corrected chi connectivity index (χ3v) is 4.09. The Morgan fingerprint density at radius 3 is 2.89 bits per heavy atom. The number of hydrazone groups is 1. The molecule has 27 heavy (non-hydrogen) atoms. The van der Waals surface area contributed by atoms with E-state index in [-0.39, 0.29) is 12.2 Å². The molecule has 1 saturated heterocycles. The van der Waals surface area contributed by atoms with Crippen LogP contribution in [0.2, 0.25) is 0 Å². The second-order valence-corrected chi connectivity index (χ2v) is 6.04. The van der Waals surface area contributed by atoms with Gasteiger partial charge in [-0.25, -0.2) is 10.2 Å². The zero-order valence-electron chi connectivity index (χ0n) is 15.3. The summed E-state index contributed by atoms with van der Waals surface area (Å²) in [5.74, 6) is 1.30. The molecule has 3 rings (SSSR count). The first kappa shape index (κ1) is 18.5. The average Bonchev–Trinajstić information content (AvgIpc) is 2.68. The summed E-state index contributed by atoms with van der Waals surface area (Å²) in [6.45, 7) is 3.04. The molecule has 2 amide bonds. The molecule has 2 aromatic rings. The van der Waals surface area contributed by atoms with Crippen LogP contribution in [-0.2, 0) is 6.61 Å². The van der Waals surface area contributed by atoms with Gasteiger partial charge in [-0.15, -0.1) is 0 Å². The number of nitrogens with one attached hydrogen (secondary N) is 4. The van der Waals surface area contributed by atoms with E-state index < -0.39 is 0 Å². The maximum atomic E-state index is 11.2. The van der Waals surface area contributed by atoms with Crippen LogP contribution in [-0.4, -0.2) is 32.1 Å². The van der Waals surface area contributed by atoms with Crippen LogP contribution in [0, 0.1) is 6.92 Å². The molecule has 0 aromatic heterocycles. The summed E-state index contributed by atoms with van der Waals surface area (Å²) < 4.78 is 11.3. The average molecular weight is 369 g/mol. The normalized spacial score (nSPS) is 16.5. The van der Waals surface area contributed by atoms with Crippen LogP contribution in [0.5, 0.6) is 11.5 Å². The van der Waals surface area contributed by atoms with Gasteiger partial charge in [0.05, 0.1) is 19.9 Å². The van der Waals surface area contributed by atoms with Crippen LogP contribution in [0.3, 0.4) is 0 Å². The number of amides is 2. The second-order valence-electron chi connectivity index (χ2n) is 6.04. The lowest BCUT2D eigenvalue weighted by atomic mass is 10.1. The summed E-state index contributed by atoms with van der Waals surface area (Å²) >= 11 is 0. The molecule has 0 radical (unpaired) electrons. The van der Waals surface area contributed by atoms with Crippen molar-refractivity contribution in [2.75, 3.05) is 13.7 Å². The first-order valence-electron chi connectivity index (χ1n) is 8.59. The van der Waals surface area contributed by atoms with Crippen molar-refractivity contribution in [1.82, 2.24) is 21.6 Å². The van der Waals surface area contributed by atoms with E-state index in [0.717, 1.165) is 11.1 Å². The summed E-state index contributed by atoms with van der Waals surface area (Å²) in [5.41, 5.74) is 11.2. The molecule has 8 heteroatoms. The van der Waals surface area contributed by atoms with E-state index in [1.165, 1.54) is 5.56 Å². The van der Waals surface area contributed by atoms with Crippen molar-refractivity contribution in [1.29, 1.82) is 0 Å². The van der Waals surface area contributed by atoms with Gasteiger partial charge in [-0.3, -0.25) is 10.9 Å². The smallest absolute Gasteiger partial charge is 0.330 e. The monoisotopic (exact) mass is 369 g/mol. The van der Waals surface area contributed by atoms with E-state index in [1.54, 1.807) is 13.3 Å². The summed E-state index contributed by atoms with van der Waals surface area (Å²) in [7, 11) is 1.60. The number of rotatable bonds is 7. The number of urea groups is 1. The fourth-order valence-electron chi connectivity index (χ4n) is 2.57. The Hall–Kier alpha value is -3.26. The van der Waals surface area contributed by atoms with E-state index in [4.69, 9.17) is 9.47 Å². The number of ether oxygens (including phenoxy) is 2. The van der Waals surface area contributed by atoms with Gasteiger partial charge in [0.25, 0.3) is 0 Å². The standard InChI is InChI=1S/C19H23N5O3/c1-13-5-3-4-6-15(13)12-27-16-8-7-14(9-17(16)26-2)10-20-23-18-11-21-24-19(25)22-18/h3-10,18,21,23H,11-12H2,1-2H3,(H2,22,24,25)/b20-10+. The molecule has 1 unspecified atom stereocenters. The molecular formula is C19H23N5O3. The molecule has 142 valence electrons. The number of hydrogen-bond donors (Lipinski definition) is 4. The minimum Gasteiger partial charge on any atom is -0.493 e. The number of nitrogens with zero attached hydrogens (tertiary/aromatic N) is 1. The highest BCUT2D eigenvalue weighted by atomic mass is 16.5. The van der Waals surface area contributed by atoms with Crippen LogP contribution in [0.15, 0.2) is 47.6 Å². The van der Waals surface area contributed by atoms with Crippen molar-refractivity contribution < 1.29 is 14.3 Å². The molecule has 1 aliphatic heterocycles. The molecule has 1 aliphatic rings. The SMILES string of the molecule is COc1cc(/C=N/NC2CNNC(=O)N2)ccc1OCc1ccccc1C. The zero-order valence-corrected chi connectivity index (χ0v) is 15.3. The fraction of sp³-hybridized carbons (Fsp3) is 0.263. The second kappa shape index (κ2) is 8.91. The molecule has 1 atom stereocenters. The van der Waals surface area contributed by atoms with Crippen LogP contribution in [0.4, 0.5) is 4.79 Å². The third kappa shape index (κ3) is 5.11. The fourth-order valence-corrected chi connectivity index (χ4v) is 2.57. The topological polar surface area (TPSA) is 96.0 Å². The number of carbonyl (C=O) groups is 1. The largest absolute Gasteiger partial charge is 0.493 e. The Kier molecular flexibility index (Phi) is 6.11. The maximum absolute atomic E-state index is 11.2. The van der Waals surface area contributed by atoms with Gasteiger partial charge in [-0.2, -0.15) is 5.10 Å². The van der Waals surface area contributed by atoms with Gasteiger partial charge in [0, 0.05) is 0 Å². The van der Waals surface area contributed by atoms with Gasteiger partial charge in [0.2, 0.25) is 0 Å². The van der Waals surface area contributed by atoms with E-state index in [0.29, 0.717) is 24.7 Å². The van der Waals surface area contributed by atoms with Crippen molar-refractivity contribution in [2.24, 2.45) is 5.10 Å². The van der Waals surface area contributed by atoms with Crippen LogP contribution >= 0.6 is 0 Å². The van der Waals surface area contributed by atoms with Crippen LogP contribution in [0.1, 0.15) is 16.7 Å². The Balaban J connectivity index is 1.60. The highest BCUT2D eigenvalue weighted by Gasteiger charge is 2.15. The number of hydrogen-bond acceptors (Lipinski definition) is 6. The minimum absolute atomic E-state index is 0.284. The zero-order chi connectivity index (χ0) is 19.1. The molecule has 1 heterocycles. The Bertz CT molecular complexity index is 825. The van der Waals surface area contributed by atoms with E-state index >= 15 is 0 Å². The van der Waals surface area contributed by atoms with Gasteiger partial charge in [0.15, 0.2) is 11.5 Å². The molecule has 4 N–H and O–H groups in total. The quantitative estimate of drug-likeness (QED) is 0.440. The Morgan fingerprint density at radius 2 is 2.11 bits per heavy atom. The van der Waals surface area contributed by atoms with Crippen molar-refractivity contribution in [3.05, 3.63) is 59.2 Å². The first-order valence-corrected chi connectivity index (χ1v) is 8.59. The highest BCUT2D eigenvalue weighted by molar-refractivity contribution is 5.80. The molecule has 0 spiro atoms. The van der Waals surface area contributed by atoms with E-state index in [9.17, 15) is 4.79 Å². The number of methoxy groups -OCH3 is 1. The minimum atomic E-state index is -0.300. The Morgan fingerprint density at radius 1 is 1.26 bits per heavy atom.